The first-order valence-corrected chi connectivity index (χ1v) is 5.15. The molecule has 1 atom stereocenters. The van der Waals surface area contributed by atoms with Gasteiger partial charge >= 0.3 is 0 Å². The van der Waals surface area contributed by atoms with Gasteiger partial charge in [0.25, 0.3) is 0 Å². The predicted octanol–water partition coefficient (Wildman–Crippen LogP) is 0.934. The molecule has 1 fully saturated rings. The zero-order chi connectivity index (χ0) is 11.0. The Bertz CT molecular complexity index is 457. The molecule has 1 amide bonds. The Morgan fingerprint density at radius 3 is 3.00 bits per heavy atom. The van der Waals surface area contributed by atoms with E-state index >= 15 is 0 Å². The van der Waals surface area contributed by atoms with Crippen LogP contribution in [-0.2, 0) is 15.1 Å². The highest BCUT2D eigenvalue weighted by Crippen LogP contribution is 2.38. The number of fused-ring (bicyclic) bond motifs is 2. The molecule has 16 heavy (non-hydrogen) atoms. The van der Waals surface area contributed by atoms with E-state index in [4.69, 9.17) is 9.47 Å². The van der Waals surface area contributed by atoms with E-state index in [0.29, 0.717) is 6.54 Å². The lowest BCUT2D eigenvalue weighted by atomic mass is 9.90. The third-order valence-corrected chi connectivity index (χ3v) is 2.88. The molecule has 1 spiro atoms. The molecule has 82 valence electrons. The maximum atomic E-state index is 11.1. The molecule has 1 aromatic carbocycles. The number of rotatable bonds is 0. The summed E-state index contributed by atoms with van der Waals surface area (Å²) in [5.41, 5.74) is 0.389. The third kappa shape index (κ3) is 1.31. The molecule has 0 saturated carbocycles. The van der Waals surface area contributed by atoms with Gasteiger partial charge in [-0.15, -0.1) is 0 Å². The van der Waals surface area contributed by atoms with Gasteiger partial charge < -0.3 is 14.8 Å². The van der Waals surface area contributed by atoms with Gasteiger partial charge in [-0.05, 0) is 12.1 Å². The van der Waals surface area contributed by atoms with Crippen LogP contribution >= 0.6 is 0 Å². The van der Waals surface area contributed by atoms with E-state index in [1.165, 1.54) is 0 Å². The van der Waals surface area contributed by atoms with Crippen LogP contribution in [0, 0.1) is 0 Å². The molecule has 3 rings (SSSR count). The maximum Gasteiger partial charge on any atom is 0.246 e. The largest absolute Gasteiger partial charge is 0.465 e. The Labute approximate surface area is 92.9 Å². The lowest BCUT2D eigenvalue weighted by molar-refractivity contribution is -0.139. The van der Waals surface area contributed by atoms with Crippen molar-refractivity contribution < 1.29 is 14.3 Å². The number of carbonyl (C=O) groups excluding carboxylic acids is 1. The van der Waals surface area contributed by atoms with Gasteiger partial charge in [-0.25, -0.2) is 0 Å². The molecule has 1 saturated heterocycles. The van der Waals surface area contributed by atoms with Crippen molar-refractivity contribution in [3.63, 3.8) is 0 Å². The van der Waals surface area contributed by atoms with E-state index in [1.807, 2.05) is 30.3 Å². The number of ether oxygens (including phenoxy) is 2. The van der Waals surface area contributed by atoms with Crippen molar-refractivity contribution in [1.29, 1.82) is 0 Å². The molecular weight excluding hydrogens is 206 g/mol. The van der Waals surface area contributed by atoms with Crippen molar-refractivity contribution in [1.82, 2.24) is 5.32 Å². The van der Waals surface area contributed by atoms with Crippen molar-refractivity contribution in [3.8, 4) is 5.75 Å². The lowest BCUT2D eigenvalue weighted by Crippen LogP contribution is -2.50. The van der Waals surface area contributed by atoms with Crippen molar-refractivity contribution in [2.75, 3.05) is 13.2 Å². The first kappa shape index (κ1) is 9.42. The van der Waals surface area contributed by atoms with Gasteiger partial charge in [0.1, 0.15) is 18.0 Å². The van der Waals surface area contributed by atoms with Gasteiger partial charge in [-0.3, -0.25) is 4.79 Å². The van der Waals surface area contributed by atoms with Gasteiger partial charge in [0.15, 0.2) is 0 Å². The first-order valence-electron chi connectivity index (χ1n) is 5.15. The molecule has 0 aromatic heterocycles. The molecule has 2 aliphatic rings. The molecule has 2 heterocycles. The molecular formula is C12H11NO3. The van der Waals surface area contributed by atoms with Crippen LogP contribution in [0.15, 0.2) is 36.6 Å². The number of benzene rings is 1. The van der Waals surface area contributed by atoms with Crippen LogP contribution < -0.4 is 10.1 Å². The minimum absolute atomic E-state index is 0.0806. The average molecular weight is 217 g/mol. The SMILES string of the molecule is O=C1COC2(C=COc3ccccc32)CN1. The highest BCUT2D eigenvalue weighted by Gasteiger charge is 2.39. The van der Waals surface area contributed by atoms with Gasteiger partial charge in [-0.2, -0.15) is 0 Å². The zero-order valence-electron chi connectivity index (χ0n) is 8.60. The van der Waals surface area contributed by atoms with Crippen LogP contribution in [0.3, 0.4) is 0 Å². The second kappa shape index (κ2) is 3.35. The third-order valence-electron chi connectivity index (χ3n) is 2.88. The van der Waals surface area contributed by atoms with Crippen LogP contribution in [0.5, 0.6) is 5.75 Å². The van der Waals surface area contributed by atoms with E-state index in [9.17, 15) is 4.79 Å². The summed E-state index contributed by atoms with van der Waals surface area (Å²) < 4.78 is 11.1. The summed E-state index contributed by atoms with van der Waals surface area (Å²) in [5, 5.41) is 2.81. The summed E-state index contributed by atoms with van der Waals surface area (Å²) in [5.74, 6) is 0.698. The summed E-state index contributed by atoms with van der Waals surface area (Å²) in [4.78, 5) is 11.1. The highest BCUT2D eigenvalue weighted by molar-refractivity contribution is 5.78. The Morgan fingerprint density at radius 2 is 2.19 bits per heavy atom. The van der Waals surface area contributed by atoms with E-state index in [2.05, 4.69) is 5.32 Å². The maximum absolute atomic E-state index is 11.1. The molecule has 0 bridgehead atoms. The van der Waals surface area contributed by atoms with Gasteiger partial charge in [-0.1, -0.05) is 18.2 Å². The van der Waals surface area contributed by atoms with Crippen LogP contribution in [0.4, 0.5) is 0 Å². The van der Waals surface area contributed by atoms with E-state index in [1.54, 1.807) is 6.26 Å². The number of morpholine rings is 1. The second-order valence-electron chi connectivity index (χ2n) is 3.87. The van der Waals surface area contributed by atoms with Gasteiger partial charge in [0.05, 0.1) is 12.8 Å². The molecule has 2 aliphatic heterocycles. The fraction of sp³-hybridized carbons (Fsp3) is 0.250. The molecule has 4 heteroatoms. The second-order valence-corrected chi connectivity index (χ2v) is 3.87. The van der Waals surface area contributed by atoms with Crippen LogP contribution in [0.25, 0.3) is 0 Å². The van der Waals surface area contributed by atoms with Crippen molar-refractivity contribution in [3.05, 3.63) is 42.2 Å². The molecule has 4 nitrogen and oxygen atoms in total. The normalized spacial score (nSPS) is 27.1. The molecule has 1 N–H and O–H groups in total. The Balaban J connectivity index is 2.04. The van der Waals surface area contributed by atoms with E-state index in [0.717, 1.165) is 11.3 Å². The predicted molar refractivity (Wildman–Crippen MR) is 56.8 cm³/mol. The fourth-order valence-corrected chi connectivity index (χ4v) is 2.03. The summed E-state index contributed by atoms with van der Waals surface area (Å²) in [6.45, 7) is 0.529. The van der Waals surface area contributed by atoms with Crippen molar-refractivity contribution in [2.24, 2.45) is 0 Å². The Morgan fingerprint density at radius 1 is 1.31 bits per heavy atom. The lowest BCUT2D eigenvalue weighted by Gasteiger charge is -2.37. The summed E-state index contributed by atoms with van der Waals surface area (Å²) >= 11 is 0. The molecule has 1 unspecified atom stereocenters. The van der Waals surface area contributed by atoms with E-state index in [-0.39, 0.29) is 12.5 Å². The standard InChI is InChI=1S/C12H11NO3/c14-11-7-16-12(8-13-11)5-6-15-10-4-2-1-3-9(10)12/h1-6H,7-8H2,(H,13,14). The monoisotopic (exact) mass is 217 g/mol. The highest BCUT2D eigenvalue weighted by atomic mass is 16.5. The van der Waals surface area contributed by atoms with Gasteiger partial charge in [0.2, 0.25) is 5.91 Å². The van der Waals surface area contributed by atoms with E-state index < -0.39 is 5.60 Å². The number of amides is 1. The average Bonchev–Trinajstić information content (AvgIpc) is 2.34. The number of carbonyl (C=O) groups is 1. The number of hydrogen-bond acceptors (Lipinski definition) is 3. The number of para-hydroxylation sites is 1. The fourth-order valence-electron chi connectivity index (χ4n) is 2.03. The Hall–Kier alpha value is -1.81. The quantitative estimate of drug-likeness (QED) is 0.703. The summed E-state index contributed by atoms with van der Waals surface area (Å²) in [7, 11) is 0. The minimum Gasteiger partial charge on any atom is -0.465 e. The molecule has 0 radical (unpaired) electrons. The summed E-state index contributed by atoms with van der Waals surface area (Å²) in [6, 6.07) is 7.69. The Kier molecular flexibility index (Phi) is 1.97. The van der Waals surface area contributed by atoms with Crippen molar-refractivity contribution >= 4 is 5.91 Å². The van der Waals surface area contributed by atoms with Crippen molar-refractivity contribution in [2.45, 2.75) is 5.60 Å². The van der Waals surface area contributed by atoms with Crippen LogP contribution in [0.2, 0.25) is 0 Å². The van der Waals surface area contributed by atoms with Gasteiger partial charge in [0, 0.05) is 5.56 Å². The number of hydrogen-bond donors (Lipinski definition) is 1. The smallest absolute Gasteiger partial charge is 0.246 e. The zero-order valence-corrected chi connectivity index (χ0v) is 8.60. The minimum atomic E-state index is -0.567. The summed E-state index contributed by atoms with van der Waals surface area (Å²) in [6.07, 6.45) is 3.45. The topological polar surface area (TPSA) is 47.6 Å². The first-order chi connectivity index (χ1) is 7.80. The number of nitrogens with one attached hydrogen (secondary N) is 1. The molecule has 0 aliphatic carbocycles. The van der Waals surface area contributed by atoms with Crippen LogP contribution in [0.1, 0.15) is 5.56 Å². The molecule has 1 aromatic rings. The van der Waals surface area contributed by atoms with Crippen LogP contribution in [-0.4, -0.2) is 19.1 Å².